The molecule has 0 radical (unpaired) electrons. The van der Waals surface area contributed by atoms with E-state index in [0.29, 0.717) is 12.2 Å². The molecule has 0 aliphatic carbocycles. The van der Waals surface area contributed by atoms with Crippen LogP contribution >= 0.6 is 0 Å². The van der Waals surface area contributed by atoms with Crippen molar-refractivity contribution in [2.24, 2.45) is 11.7 Å². The van der Waals surface area contributed by atoms with Gasteiger partial charge in [-0.1, -0.05) is 13.0 Å². The zero-order valence-corrected chi connectivity index (χ0v) is 10.4. The fraction of sp³-hybridized carbons (Fsp3) is 0.462. The van der Waals surface area contributed by atoms with Crippen LogP contribution in [0.25, 0.3) is 0 Å². The number of nitrogens with zero attached hydrogens (tertiary/aromatic N) is 1. The molecule has 98 valence electrons. The van der Waals surface area contributed by atoms with Gasteiger partial charge in [0.15, 0.2) is 0 Å². The minimum absolute atomic E-state index is 0.124. The summed E-state index contributed by atoms with van der Waals surface area (Å²) in [5, 5.41) is 17.4. The van der Waals surface area contributed by atoms with Crippen LogP contribution < -0.4 is 10.6 Å². The fourth-order valence-electron chi connectivity index (χ4n) is 2.31. The first-order chi connectivity index (χ1) is 8.50. The molecule has 1 fully saturated rings. The van der Waals surface area contributed by atoms with E-state index in [1.54, 1.807) is 12.1 Å². The summed E-state index contributed by atoms with van der Waals surface area (Å²) in [5.41, 5.74) is 6.15. The second-order valence-corrected chi connectivity index (χ2v) is 4.83. The smallest absolute Gasteiger partial charge is 0.136 e. The Labute approximate surface area is 106 Å². The number of amidine groups is 1. The van der Waals surface area contributed by atoms with E-state index in [2.05, 4.69) is 0 Å². The standard InChI is InChI=1S/C13H18FN3O/c1-8-5-6-17(7-11(8)18)10-4-2-3-9(14)12(10)13(15)16/h2-4,8,11,18H,5-7H2,1H3,(H3,15,16). The second kappa shape index (κ2) is 4.94. The number of aliphatic hydroxyl groups is 1. The summed E-state index contributed by atoms with van der Waals surface area (Å²) in [5.74, 6) is -0.528. The number of hydrogen-bond acceptors (Lipinski definition) is 3. The van der Waals surface area contributed by atoms with Crippen LogP contribution in [0.4, 0.5) is 10.1 Å². The largest absolute Gasteiger partial charge is 0.391 e. The molecule has 18 heavy (non-hydrogen) atoms. The number of aliphatic hydroxyl groups excluding tert-OH is 1. The molecule has 2 atom stereocenters. The van der Waals surface area contributed by atoms with Crippen LogP contribution in [0.5, 0.6) is 0 Å². The van der Waals surface area contributed by atoms with Crippen molar-refractivity contribution in [1.82, 2.24) is 0 Å². The van der Waals surface area contributed by atoms with E-state index in [1.807, 2.05) is 11.8 Å². The number of benzene rings is 1. The van der Waals surface area contributed by atoms with E-state index in [0.717, 1.165) is 13.0 Å². The Kier molecular flexibility index (Phi) is 3.52. The molecule has 1 heterocycles. The molecule has 0 bridgehead atoms. The van der Waals surface area contributed by atoms with Crippen molar-refractivity contribution in [3.05, 3.63) is 29.6 Å². The molecule has 4 N–H and O–H groups in total. The lowest BCUT2D eigenvalue weighted by atomic mass is 9.95. The van der Waals surface area contributed by atoms with Crippen LogP contribution in [0.3, 0.4) is 0 Å². The van der Waals surface area contributed by atoms with Crippen LogP contribution in [-0.2, 0) is 0 Å². The first-order valence-corrected chi connectivity index (χ1v) is 6.06. The monoisotopic (exact) mass is 251 g/mol. The van der Waals surface area contributed by atoms with E-state index in [4.69, 9.17) is 11.1 Å². The van der Waals surface area contributed by atoms with Gasteiger partial charge in [0.2, 0.25) is 0 Å². The Bertz CT molecular complexity index is 464. The van der Waals surface area contributed by atoms with Gasteiger partial charge in [-0.2, -0.15) is 0 Å². The first kappa shape index (κ1) is 12.8. The molecule has 2 unspecified atom stereocenters. The number of piperidine rings is 1. The van der Waals surface area contributed by atoms with E-state index in [9.17, 15) is 9.50 Å². The summed E-state index contributed by atoms with van der Waals surface area (Å²) in [4.78, 5) is 1.89. The van der Waals surface area contributed by atoms with Gasteiger partial charge in [-0.05, 0) is 24.5 Å². The van der Waals surface area contributed by atoms with Crippen molar-refractivity contribution in [2.45, 2.75) is 19.4 Å². The summed E-state index contributed by atoms with van der Waals surface area (Å²) in [6.45, 7) is 3.19. The molecule has 1 aliphatic rings. The molecule has 0 aromatic heterocycles. The highest BCUT2D eigenvalue weighted by molar-refractivity contribution is 6.00. The first-order valence-electron chi connectivity index (χ1n) is 6.06. The topological polar surface area (TPSA) is 73.3 Å². The Balaban J connectivity index is 2.34. The van der Waals surface area contributed by atoms with Crippen molar-refractivity contribution in [1.29, 1.82) is 5.41 Å². The number of nitrogens with one attached hydrogen (secondary N) is 1. The van der Waals surface area contributed by atoms with Gasteiger partial charge in [-0.25, -0.2) is 4.39 Å². The van der Waals surface area contributed by atoms with Crippen LogP contribution in [0.2, 0.25) is 0 Å². The lowest BCUT2D eigenvalue weighted by molar-refractivity contribution is 0.103. The quantitative estimate of drug-likeness (QED) is 0.548. The van der Waals surface area contributed by atoms with Gasteiger partial charge in [-0.15, -0.1) is 0 Å². The molecule has 1 aliphatic heterocycles. The number of β-amino-alcohol motifs (C(OH)–C–C–N with tert-alkyl or cyclic N) is 1. The average molecular weight is 251 g/mol. The lowest BCUT2D eigenvalue weighted by Gasteiger charge is -2.36. The Morgan fingerprint density at radius 3 is 2.89 bits per heavy atom. The number of anilines is 1. The highest BCUT2D eigenvalue weighted by Gasteiger charge is 2.26. The number of rotatable bonds is 2. The Hall–Kier alpha value is -1.62. The van der Waals surface area contributed by atoms with E-state index < -0.39 is 11.9 Å². The third-order valence-corrected chi connectivity index (χ3v) is 3.52. The van der Waals surface area contributed by atoms with Gasteiger partial charge in [0.05, 0.1) is 17.4 Å². The normalized spacial score (nSPS) is 24.1. The second-order valence-electron chi connectivity index (χ2n) is 4.83. The van der Waals surface area contributed by atoms with Gasteiger partial charge in [-0.3, -0.25) is 5.41 Å². The molecule has 0 saturated carbocycles. The molecule has 5 heteroatoms. The Morgan fingerprint density at radius 1 is 1.56 bits per heavy atom. The zero-order valence-electron chi connectivity index (χ0n) is 10.4. The van der Waals surface area contributed by atoms with Gasteiger partial charge >= 0.3 is 0 Å². The summed E-state index contributed by atoms with van der Waals surface area (Å²) in [6.07, 6.45) is 0.413. The maximum Gasteiger partial charge on any atom is 0.136 e. The number of nitrogens with two attached hydrogens (primary N) is 1. The van der Waals surface area contributed by atoms with Gasteiger partial charge in [0.25, 0.3) is 0 Å². The highest BCUT2D eigenvalue weighted by atomic mass is 19.1. The Morgan fingerprint density at radius 2 is 2.28 bits per heavy atom. The van der Waals surface area contributed by atoms with Crippen LogP contribution in [0, 0.1) is 17.1 Å². The van der Waals surface area contributed by atoms with Crippen molar-refractivity contribution >= 4 is 11.5 Å². The molecule has 0 amide bonds. The van der Waals surface area contributed by atoms with Crippen LogP contribution in [0.15, 0.2) is 18.2 Å². The van der Waals surface area contributed by atoms with Crippen molar-refractivity contribution < 1.29 is 9.50 Å². The van der Waals surface area contributed by atoms with Crippen molar-refractivity contribution in [2.75, 3.05) is 18.0 Å². The van der Waals surface area contributed by atoms with E-state index >= 15 is 0 Å². The highest BCUT2D eigenvalue weighted by Crippen LogP contribution is 2.27. The fourth-order valence-corrected chi connectivity index (χ4v) is 2.31. The zero-order chi connectivity index (χ0) is 13.3. The molecule has 1 saturated heterocycles. The SMILES string of the molecule is CC1CCN(c2cccc(F)c2C(=N)N)CC1O. The van der Waals surface area contributed by atoms with E-state index in [-0.39, 0.29) is 17.3 Å². The van der Waals surface area contributed by atoms with Gasteiger partial charge in [0.1, 0.15) is 11.7 Å². The lowest BCUT2D eigenvalue weighted by Crippen LogP contribution is -2.43. The molecule has 4 nitrogen and oxygen atoms in total. The van der Waals surface area contributed by atoms with Crippen molar-refractivity contribution in [3.8, 4) is 0 Å². The maximum absolute atomic E-state index is 13.7. The molecular formula is C13H18FN3O. The van der Waals surface area contributed by atoms with Crippen LogP contribution in [-0.4, -0.2) is 30.1 Å². The molecule has 2 rings (SSSR count). The minimum atomic E-state index is -0.492. The predicted octanol–water partition coefficient (Wildman–Crippen LogP) is 1.32. The van der Waals surface area contributed by atoms with Gasteiger partial charge in [0, 0.05) is 13.1 Å². The van der Waals surface area contributed by atoms with Gasteiger partial charge < -0.3 is 15.7 Å². The third kappa shape index (κ3) is 2.31. The number of halogens is 1. The average Bonchev–Trinajstić information content (AvgIpc) is 2.32. The molecule has 1 aromatic rings. The molecule has 1 aromatic carbocycles. The number of hydrogen-bond donors (Lipinski definition) is 3. The summed E-state index contributed by atoms with van der Waals surface area (Å²) in [6, 6.07) is 4.63. The predicted molar refractivity (Wildman–Crippen MR) is 69.4 cm³/mol. The van der Waals surface area contributed by atoms with Crippen molar-refractivity contribution in [3.63, 3.8) is 0 Å². The number of nitrogen functional groups attached to an aromatic ring is 1. The summed E-state index contributed by atoms with van der Waals surface area (Å²) in [7, 11) is 0. The minimum Gasteiger partial charge on any atom is -0.391 e. The molecule has 0 spiro atoms. The summed E-state index contributed by atoms with van der Waals surface area (Å²) < 4.78 is 13.7. The van der Waals surface area contributed by atoms with Crippen LogP contribution in [0.1, 0.15) is 18.9 Å². The van der Waals surface area contributed by atoms with E-state index in [1.165, 1.54) is 6.07 Å². The third-order valence-electron chi connectivity index (χ3n) is 3.52. The maximum atomic E-state index is 13.7. The summed E-state index contributed by atoms with van der Waals surface area (Å²) >= 11 is 0. The molecular weight excluding hydrogens is 233 g/mol.